The Bertz CT molecular complexity index is 1040. The molecule has 0 saturated heterocycles. The molecule has 4 rings (SSSR count). The van der Waals surface area contributed by atoms with Crippen molar-refractivity contribution < 1.29 is 4.79 Å². The third-order valence-corrected chi connectivity index (χ3v) is 4.80. The van der Waals surface area contributed by atoms with Gasteiger partial charge in [-0.05, 0) is 43.2 Å². The maximum Gasteiger partial charge on any atom is 0.261 e. The van der Waals surface area contributed by atoms with Gasteiger partial charge in [0, 0.05) is 16.8 Å². The van der Waals surface area contributed by atoms with Crippen molar-refractivity contribution in [2.45, 2.75) is 25.9 Å². The third kappa shape index (κ3) is 2.70. The molecule has 0 N–H and O–H groups in total. The normalized spacial score (nSPS) is 16.2. The summed E-state index contributed by atoms with van der Waals surface area (Å²) >= 11 is 5.98. The second-order valence-corrected chi connectivity index (χ2v) is 6.72. The lowest BCUT2D eigenvalue weighted by molar-refractivity contribution is -0.119. The minimum atomic E-state index is -0.263. The molecule has 1 aromatic heterocycles. The fraction of sp³-hybridized carbons (Fsp3) is 0.211. The monoisotopic (exact) mass is 353 g/mol. The summed E-state index contributed by atoms with van der Waals surface area (Å²) < 4.78 is 1.34. The fourth-order valence-corrected chi connectivity index (χ4v) is 3.58. The van der Waals surface area contributed by atoms with Crippen LogP contribution in [0.1, 0.15) is 12.5 Å². The lowest BCUT2D eigenvalue weighted by atomic mass is 10.1. The van der Waals surface area contributed by atoms with Gasteiger partial charge in [-0.1, -0.05) is 29.8 Å². The summed E-state index contributed by atoms with van der Waals surface area (Å²) in [6, 6.07) is 12.9. The van der Waals surface area contributed by atoms with Crippen LogP contribution >= 0.6 is 11.6 Å². The molecule has 6 heteroatoms. The number of carbonyl (C=O) groups is 1. The molecule has 0 spiro atoms. The van der Waals surface area contributed by atoms with E-state index in [9.17, 15) is 9.59 Å². The van der Waals surface area contributed by atoms with Crippen molar-refractivity contribution in [2.75, 3.05) is 4.90 Å². The topological polar surface area (TPSA) is 55.2 Å². The molecule has 0 saturated carbocycles. The summed E-state index contributed by atoms with van der Waals surface area (Å²) in [5, 5.41) is 0.884. The predicted molar refractivity (Wildman–Crippen MR) is 98.1 cm³/mol. The van der Waals surface area contributed by atoms with Crippen LogP contribution in [0.2, 0.25) is 5.02 Å². The van der Waals surface area contributed by atoms with Crippen LogP contribution in [0.4, 0.5) is 5.69 Å². The van der Waals surface area contributed by atoms with Gasteiger partial charge < -0.3 is 4.90 Å². The van der Waals surface area contributed by atoms with E-state index in [0.29, 0.717) is 15.9 Å². The molecule has 1 aliphatic rings. The van der Waals surface area contributed by atoms with Gasteiger partial charge in [-0.25, -0.2) is 4.98 Å². The number of carbonyl (C=O) groups excluding carboxylic acids is 1. The van der Waals surface area contributed by atoms with Crippen molar-refractivity contribution >= 4 is 34.1 Å². The smallest absolute Gasteiger partial charge is 0.261 e. The average molecular weight is 354 g/mol. The second kappa shape index (κ2) is 6.01. The first kappa shape index (κ1) is 15.8. The quantitative estimate of drug-likeness (QED) is 0.711. The van der Waals surface area contributed by atoms with Crippen LogP contribution in [0.25, 0.3) is 10.9 Å². The molecule has 0 bridgehead atoms. The van der Waals surface area contributed by atoms with Crippen LogP contribution in [0.15, 0.2) is 53.6 Å². The standard InChI is InChI=1S/C19H16ClN3O2/c1-12-8-13-4-2-3-5-17(13)23(12)18(24)10-22-11-21-16-7-6-14(20)9-15(16)19(22)25/h2-7,9,11-12H,8,10H2,1H3/t12-/m0/s1. The molecule has 5 nitrogen and oxygen atoms in total. The lowest BCUT2D eigenvalue weighted by Gasteiger charge is -2.23. The zero-order valence-electron chi connectivity index (χ0n) is 13.6. The highest BCUT2D eigenvalue weighted by molar-refractivity contribution is 6.31. The summed E-state index contributed by atoms with van der Waals surface area (Å²) in [5.74, 6) is -0.122. The molecule has 2 heterocycles. The molecule has 0 radical (unpaired) electrons. The molecule has 25 heavy (non-hydrogen) atoms. The number of fused-ring (bicyclic) bond motifs is 2. The fourth-order valence-electron chi connectivity index (χ4n) is 3.41. The van der Waals surface area contributed by atoms with Crippen molar-refractivity contribution in [3.63, 3.8) is 0 Å². The maximum absolute atomic E-state index is 12.9. The highest BCUT2D eigenvalue weighted by Gasteiger charge is 2.30. The summed E-state index contributed by atoms with van der Waals surface area (Å²) in [6.45, 7) is 1.96. The summed E-state index contributed by atoms with van der Waals surface area (Å²) in [4.78, 5) is 31.5. The van der Waals surface area contributed by atoms with Gasteiger partial charge in [-0.3, -0.25) is 14.2 Å². The number of hydrogen-bond acceptors (Lipinski definition) is 3. The summed E-state index contributed by atoms with van der Waals surface area (Å²) in [7, 11) is 0. The van der Waals surface area contributed by atoms with Crippen molar-refractivity contribution in [1.29, 1.82) is 0 Å². The molecule has 126 valence electrons. The molecular weight excluding hydrogens is 338 g/mol. The average Bonchev–Trinajstić information content (AvgIpc) is 2.93. The molecule has 0 unspecified atom stereocenters. The Morgan fingerprint density at radius 1 is 1.28 bits per heavy atom. The summed E-state index contributed by atoms with van der Waals surface area (Å²) in [6.07, 6.45) is 2.24. The highest BCUT2D eigenvalue weighted by atomic mass is 35.5. The number of amides is 1. The van der Waals surface area contributed by atoms with Gasteiger partial charge in [0.25, 0.3) is 5.56 Å². The SMILES string of the molecule is C[C@H]1Cc2ccccc2N1C(=O)Cn1cnc2ccc(Cl)cc2c1=O. The van der Waals surface area contributed by atoms with Crippen molar-refractivity contribution in [1.82, 2.24) is 9.55 Å². The van der Waals surface area contributed by atoms with Gasteiger partial charge in [0.05, 0.1) is 17.2 Å². The van der Waals surface area contributed by atoms with Crippen LogP contribution in [0, 0.1) is 0 Å². The predicted octanol–water partition coefficient (Wildman–Crippen LogP) is 3.03. The first-order valence-corrected chi connectivity index (χ1v) is 8.47. The van der Waals surface area contributed by atoms with Crippen LogP contribution in [-0.4, -0.2) is 21.5 Å². The Morgan fingerprint density at radius 3 is 2.92 bits per heavy atom. The van der Waals surface area contributed by atoms with E-state index in [1.807, 2.05) is 31.2 Å². The van der Waals surface area contributed by atoms with Crippen LogP contribution in [0.5, 0.6) is 0 Å². The molecule has 3 aromatic rings. The minimum absolute atomic E-state index is 0.0486. The third-order valence-electron chi connectivity index (χ3n) is 4.57. The Balaban J connectivity index is 1.69. The van der Waals surface area contributed by atoms with Crippen molar-refractivity contribution in [3.05, 3.63) is 69.7 Å². The van der Waals surface area contributed by atoms with E-state index in [-0.39, 0.29) is 24.1 Å². The maximum atomic E-state index is 12.9. The summed E-state index contributed by atoms with van der Waals surface area (Å²) in [5.41, 5.74) is 2.38. The van der Waals surface area contributed by atoms with Crippen molar-refractivity contribution in [3.8, 4) is 0 Å². The number of nitrogens with zero attached hydrogens (tertiary/aromatic N) is 3. The molecular formula is C19H16ClN3O2. The lowest BCUT2D eigenvalue weighted by Crippen LogP contribution is -2.40. The molecule has 1 amide bonds. The van der Waals surface area contributed by atoms with E-state index in [1.54, 1.807) is 23.1 Å². The Kier molecular flexibility index (Phi) is 3.81. The number of anilines is 1. The molecule has 0 aliphatic carbocycles. The van der Waals surface area contributed by atoms with E-state index in [4.69, 9.17) is 11.6 Å². The molecule has 1 aliphatic heterocycles. The highest BCUT2D eigenvalue weighted by Crippen LogP contribution is 2.31. The van der Waals surface area contributed by atoms with Gasteiger partial charge in [0.15, 0.2) is 0 Å². The van der Waals surface area contributed by atoms with E-state index in [1.165, 1.54) is 10.9 Å². The van der Waals surface area contributed by atoms with Crippen LogP contribution < -0.4 is 10.5 Å². The number of halogens is 1. The zero-order chi connectivity index (χ0) is 17.6. The van der Waals surface area contributed by atoms with Gasteiger partial charge in [0.1, 0.15) is 6.54 Å². The Labute approximate surface area is 149 Å². The van der Waals surface area contributed by atoms with E-state index < -0.39 is 0 Å². The number of benzene rings is 2. The largest absolute Gasteiger partial charge is 0.307 e. The van der Waals surface area contributed by atoms with Gasteiger partial charge in [-0.2, -0.15) is 0 Å². The second-order valence-electron chi connectivity index (χ2n) is 6.28. The molecule has 2 aromatic carbocycles. The van der Waals surface area contributed by atoms with Gasteiger partial charge >= 0.3 is 0 Å². The minimum Gasteiger partial charge on any atom is -0.307 e. The molecule has 0 fully saturated rings. The number of para-hydroxylation sites is 1. The molecule has 1 atom stereocenters. The van der Waals surface area contributed by atoms with Crippen molar-refractivity contribution in [2.24, 2.45) is 0 Å². The van der Waals surface area contributed by atoms with Crippen LogP contribution in [-0.2, 0) is 17.8 Å². The van der Waals surface area contributed by atoms with E-state index in [2.05, 4.69) is 4.98 Å². The van der Waals surface area contributed by atoms with Crippen LogP contribution in [0.3, 0.4) is 0 Å². The van der Waals surface area contributed by atoms with E-state index in [0.717, 1.165) is 17.7 Å². The zero-order valence-corrected chi connectivity index (χ0v) is 14.4. The number of rotatable bonds is 2. The first-order chi connectivity index (χ1) is 12.0. The number of hydrogen-bond donors (Lipinski definition) is 0. The first-order valence-electron chi connectivity index (χ1n) is 8.09. The Morgan fingerprint density at radius 2 is 2.08 bits per heavy atom. The van der Waals surface area contributed by atoms with Gasteiger partial charge in [0.2, 0.25) is 5.91 Å². The van der Waals surface area contributed by atoms with E-state index >= 15 is 0 Å². The Hall–Kier alpha value is -2.66. The van der Waals surface area contributed by atoms with Gasteiger partial charge in [-0.15, -0.1) is 0 Å². The number of aromatic nitrogens is 2.